The van der Waals surface area contributed by atoms with Crippen molar-refractivity contribution in [2.75, 3.05) is 14.1 Å². The summed E-state index contributed by atoms with van der Waals surface area (Å²) in [6.07, 6.45) is 4.00. The van der Waals surface area contributed by atoms with E-state index in [4.69, 9.17) is 0 Å². The van der Waals surface area contributed by atoms with Gasteiger partial charge >= 0.3 is 0 Å². The van der Waals surface area contributed by atoms with Gasteiger partial charge in [-0.05, 0) is 69.7 Å². The Morgan fingerprint density at radius 1 is 0.585 bits per heavy atom. The summed E-state index contributed by atoms with van der Waals surface area (Å²) in [6.45, 7) is 0. The van der Waals surface area contributed by atoms with Crippen LogP contribution < -0.4 is 0 Å². The van der Waals surface area contributed by atoms with Gasteiger partial charge in [0.15, 0.2) is 0 Å². The number of para-hydroxylation sites is 2. The van der Waals surface area contributed by atoms with Crippen LogP contribution in [0.2, 0.25) is 0 Å². The van der Waals surface area contributed by atoms with Gasteiger partial charge in [-0.2, -0.15) is 0 Å². The van der Waals surface area contributed by atoms with Crippen molar-refractivity contribution >= 4 is 88.4 Å². The summed E-state index contributed by atoms with van der Waals surface area (Å²) >= 11 is 6.74. The molecule has 0 saturated heterocycles. The zero-order valence-electron chi connectivity index (χ0n) is 22.4. The molecule has 2 aliphatic heterocycles. The van der Waals surface area contributed by atoms with E-state index in [1.54, 1.807) is 0 Å². The number of aromatic nitrogens is 2. The standard InChI is InChI=1S/C31H26Br2N4O4/c1-36-28(38)24(26(32)30(36)40)22-16-10-6-8-12-18(16)34-20(22)14-4-3-5-15-21-23(17-11-7-9-13-19(17)35-21)25-27(33)31(41)37(2)29(25)39/h6-13,34-35H,3-5,14-15H2,1-2H3. The molecule has 0 radical (unpaired) electrons. The van der Waals surface area contributed by atoms with Gasteiger partial charge in [-0.1, -0.05) is 42.8 Å². The predicted octanol–water partition coefficient (Wildman–Crippen LogP) is 5.81. The lowest BCUT2D eigenvalue weighted by Gasteiger charge is -2.09. The third-order valence-corrected chi connectivity index (χ3v) is 9.35. The number of rotatable bonds is 8. The van der Waals surface area contributed by atoms with E-state index in [0.717, 1.165) is 73.4 Å². The number of hydrogen-bond acceptors (Lipinski definition) is 4. The lowest BCUT2D eigenvalue weighted by atomic mass is 9.97. The van der Waals surface area contributed by atoms with Crippen LogP contribution in [-0.2, 0) is 32.0 Å². The number of aryl methyl sites for hydroxylation is 2. The summed E-state index contributed by atoms with van der Waals surface area (Å²) in [6, 6.07) is 15.6. The molecular formula is C31H26Br2N4O4. The molecule has 0 saturated carbocycles. The second-order valence-corrected chi connectivity index (χ2v) is 11.9. The molecule has 2 aliphatic rings. The number of carbonyl (C=O) groups excluding carboxylic acids is 4. The topological polar surface area (TPSA) is 106 Å². The molecule has 0 bridgehead atoms. The van der Waals surface area contributed by atoms with E-state index in [0.29, 0.717) is 24.0 Å². The normalized spacial score (nSPS) is 16.2. The molecule has 2 aromatic heterocycles. The summed E-state index contributed by atoms with van der Waals surface area (Å²) in [4.78, 5) is 60.2. The van der Waals surface area contributed by atoms with Crippen LogP contribution in [-0.4, -0.2) is 57.5 Å². The summed E-state index contributed by atoms with van der Waals surface area (Å²) < 4.78 is 0.571. The van der Waals surface area contributed by atoms with Gasteiger partial charge in [0.2, 0.25) is 0 Å². The van der Waals surface area contributed by atoms with Crippen molar-refractivity contribution in [3.8, 4) is 0 Å². The number of carbonyl (C=O) groups is 4. The highest BCUT2D eigenvalue weighted by Gasteiger charge is 2.38. The molecule has 0 atom stereocenters. The average molecular weight is 678 g/mol. The minimum Gasteiger partial charge on any atom is -0.358 e. The van der Waals surface area contributed by atoms with Crippen LogP contribution in [0.25, 0.3) is 33.0 Å². The van der Waals surface area contributed by atoms with Gasteiger partial charge in [0.05, 0.1) is 20.1 Å². The van der Waals surface area contributed by atoms with Crippen molar-refractivity contribution in [3.63, 3.8) is 0 Å². The fourth-order valence-electron chi connectivity index (χ4n) is 5.77. The molecular weight excluding hydrogens is 652 g/mol. The Hall–Kier alpha value is -3.76. The number of benzene rings is 2. The quantitative estimate of drug-likeness (QED) is 0.181. The lowest BCUT2D eigenvalue weighted by molar-refractivity contribution is -0.136. The number of likely N-dealkylation sites (N-methyl/N-ethyl adjacent to an activating group) is 2. The van der Waals surface area contributed by atoms with E-state index < -0.39 is 0 Å². The van der Waals surface area contributed by atoms with Crippen molar-refractivity contribution in [3.05, 3.63) is 80.0 Å². The van der Waals surface area contributed by atoms with Crippen LogP contribution in [0, 0.1) is 0 Å². The van der Waals surface area contributed by atoms with Gasteiger partial charge in [-0.15, -0.1) is 0 Å². The highest BCUT2D eigenvalue weighted by molar-refractivity contribution is 9.12. The summed E-state index contributed by atoms with van der Waals surface area (Å²) in [7, 11) is 2.99. The molecule has 4 amide bonds. The smallest absolute Gasteiger partial charge is 0.268 e. The van der Waals surface area contributed by atoms with E-state index in [1.165, 1.54) is 14.1 Å². The van der Waals surface area contributed by atoms with E-state index in [9.17, 15) is 19.2 Å². The third kappa shape index (κ3) is 4.40. The molecule has 10 heteroatoms. The van der Waals surface area contributed by atoms with Crippen LogP contribution in [0.5, 0.6) is 0 Å². The molecule has 0 unspecified atom stereocenters. The number of halogens is 2. The second-order valence-electron chi connectivity index (χ2n) is 10.3. The first kappa shape index (κ1) is 27.4. The van der Waals surface area contributed by atoms with Crippen molar-refractivity contribution in [2.45, 2.75) is 32.1 Å². The number of fused-ring (bicyclic) bond motifs is 2. The van der Waals surface area contributed by atoms with Crippen molar-refractivity contribution in [2.24, 2.45) is 0 Å². The fourth-order valence-corrected chi connectivity index (χ4v) is 7.04. The summed E-state index contributed by atoms with van der Waals surface area (Å²) in [5.74, 6) is -1.31. The number of imide groups is 2. The monoisotopic (exact) mass is 676 g/mol. The Labute approximate surface area is 252 Å². The Morgan fingerprint density at radius 2 is 0.976 bits per heavy atom. The minimum absolute atomic E-state index is 0.286. The number of unbranched alkanes of at least 4 members (excludes halogenated alkanes) is 2. The van der Waals surface area contributed by atoms with Gasteiger partial charge in [0.25, 0.3) is 23.6 Å². The molecule has 208 valence electrons. The van der Waals surface area contributed by atoms with Crippen LogP contribution in [0.1, 0.15) is 41.8 Å². The van der Waals surface area contributed by atoms with Crippen molar-refractivity contribution < 1.29 is 19.2 Å². The maximum Gasteiger partial charge on any atom is 0.268 e. The molecule has 0 spiro atoms. The molecule has 6 rings (SSSR count). The Kier molecular flexibility index (Phi) is 7.07. The minimum atomic E-state index is -0.342. The number of amides is 4. The highest BCUT2D eigenvalue weighted by Crippen LogP contribution is 2.40. The molecule has 4 aromatic rings. The van der Waals surface area contributed by atoms with Crippen LogP contribution in [0.4, 0.5) is 0 Å². The number of H-pyrrole nitrogens is 2. The lowest BCUT2D eigenvalue weighted by Crippen LogP contribution is -2.26. The summed E-state index contributed by atoms with van der Waals surface area (Å²) in [5, 5.41) is 1.82. The van der Waals surface area contributed by atoms with Crippen LogP contribution >= 0.6 is 31.9 Å². The fraction of sp³-hybridized carbons (Fsp3) is 0.226. The molecule has 41 heavy (non-hydrogen) atoms. The third-order valence-electron chi connectivity index (χ3n) is 7.88. The van der Waals surface area contributed by atoms with E-state index >= 15 is 0 Å². The molecule has 0 fully saturated rings. The van der Waals surface area contributed by atoms with Gasteiger partial charge < -0.3 is 9.97 Å². The Morgan fingerprint density at radius 3 is 1.34 bits per heavy atom. The van der Waals surface area contributed by atoms with E-state index in [1.807, 2.05) is 48.5 Å². The number of nitrogens with zero attached hydrogens (tertiary/aromatic N) is 2. The zero-order chi connectivity index (χ0) is 29.0. The SMILES string of the molecule is CN1C(=O)C(Br)=C(c2c(CCCCCc3[nH]c4ccccc4c3C3=C(Br)C(=O)N(C)C3=O)[nH]c3ccccc23)C1=O. The van der Waals surface area contributed by atoms with Gasteiger partial charge in [0, 0.05) is 58.4 Å². The van der Waals surface area contributed by atoms with E-state index in [-0.39, 0.29) is 32.6 Å². The molecule has 2 N–H and O–H groups in total. The molecule has 8 nitrogen and oxygen atoms in total. The van der Waals surface area contributed by atoms with Crippen molar-refractivity contribution in [1.82, 2.24) is 19.8 Å². The first-order valence-electron chi connectivity index (χ1n) is 13.3. The average Bonchev–Trinajstić information content (AvgIpc) is 3.63. The van der Waals surface area contributed by atoms with Crippen LogP contribution in [0.3, 0.4) is 0 Å². The maximum absolute atomic E-state index is 13.0. The number of aromatic amines is 2. The Balaban J connectivity index is 1.23. The largest absolute Gasteiger partial charge is 0.358 e. The van der Waals surface area contributed by atoms with Gasteiger partial charge in [-0.3, -0.25) is 29.0 Å². The number of hydrogen-bond donors (Lipinski definition) is 2. The van der Waals surface area contributed by atoms with Crippen LogP contribution in [0.15, 0.2) is 57.5 Å². The van der Waals surface area contributed by atoms with E-state index in [2.05, 4.69) is 41.8 Å². The number of nitrogens with one attached hydrogen (secondary N) is 2. The maximum atomic E-state index is 13.0. The molecule has 2 aromatic carbocycles. The zero-order valence-corrected chi connectivity index (χ0v) is 25.6. The Bertz CT molecular complexity index is 1730. The second kappa shape index (κ2) is 10.6. The summed E-state index contributed by atoms with van der Waals surface area (Å²) in [5.41, 5.74) is 6.03. The van der Waals surface area contributed by atoms with Gasteiger partial charge in [0.1, 0.15) is 0 Å². The first-order chi connectivity index (χ1) is 19.7. The molecule has 4 heterocycles. The first-order valence-corrected chi connectivity index (χ1v) is 14.9. The van der Waals surface area contributed by atoms with Gasteiger partial charge in [-0.25, -0.2) is 0 Å². The highest BCUT2D eigenvalue weighted by atomic mass is 79.9. The van der Waals surface area contributed by atoms with Crippen molar-refractivity contribution in [1.29, 1.82) is 0 Å². The predicted molar refractivity (Wildman–Crippen MR) is 165 cm³/mol. The molecule has 0 aliphatic carbocycles.